The third-order valence-electron chi connectivity index (χ3n) is 4.00. The van der Waals surface area contributed by atoms with E-state index in [0.717, 1.165) is 21.8 Å². The first-order chi connectivity index (χ1) is 11.6. The van der Waals surface area contributed by atoms with Gasteiger partial charge >= 0.3 is 5.97 Å². The molecule has 0 aliphatic carbocycles. The Morgan fingerprint density at radius 3 is 2.38 bits per heavy atom. The lowest BCUT2D eigenvalue weighted by Crippen LogP contribution is -2.00. The molecular formula is C19H12N2O3. The summed E-state index contributed by atoms with van der Waals surface area (Å²) in [6.07, 6.45) is 1.50. The molecule has 0 amide bonds. The Hall–Kier alpha value is -3.47. The number of carbonyl (C=O) groups is 2. The fourth-order valence-corrected chi connectivity index (χ4v) is 2.81. The molecule has 2 aromatic carbocycles. The van der Waals surface area contributed by atoms with Crippen LogP contribution in [0.4, 0.5) is 0 Å². The third-order valence-corrected chi connectivity index (χ3v) is 4.00. The number of aromatic amines is 1. The van der Waals surface area contributed by atoms with E-state index in [1.54, 1.807) is 24.3 Å². The van der Waals surface area contributed by atoms with Gasteiger partial charge in [-0.3, -0.25) is 4.79 Å². The zero-order valence-electron chi connectivity index (χ0n) is 12.5. The third kappa shape index (κ3) is 2.23. The van der Waals surface area contributed by atoms with E-state index in [-0.39, 0.29) is 11.5 Å². The lowest BCUT2D eigenvalue weighted by Gasteiger charge is -2.02. The molecule has 0 atom stereocenters. The standard InChI is InChI=1S/C19H12N2O3/c22-18(11-4-2-1-3-5-11)12-6-7-15-13(8-12)14-9-16(19(23)24)20-10-17(14)21-15/h1-10,21H,(H,23,24). The molecule has 5 heteroatoms. The highest BCUT2D eigenvalue weighted by Gasteiger charge is 2.13. The summed E-state index contributed by atoms with van der Waals surface area (Å²) in [5.74, 6) is -1.15. The summed E-state index contributed by atoms with van der Waals surface area (Å²) in [6, 6.07) is 15.9. The van der Waals surface area contributed by atoms with Crippen LogP contribution in [-0.2, 0) is 0 Å². The number of H-pyrrole nitrogens is 1. The van der Waals surface area contributed by atoms with Gasteiger partial charge in [-0.1, -0.05) is 30.3 Å². The summed E-state index contributed by atoms with van der Waals surface area (Å²) in [5, 5.41) is 10.7. The molecule has 2 heterocycles. The minimum absolute atomic E-state index is 0.0248. The number of rotatable bonds is 3. The Bertz CT molecular complexity index is 1100. The number of aromatic nitrogens is 2. The minimum Gasteiger partial charge on any atom is -0.477 e. The van der Waals surface area contributed by atoms with E-state index in [4.69, 9.17) is 5.11 Å². The van der Waals surface area contributed by atoms with E-state index >= 15 is 0 Å². The molecule has 0 saturated heterocycles. The van der Waals surface area contributed by atoms with Crippen molar-refractivity contribution in [2.45, 2.75) is 0 Å². The number of fused-ring (bicyclic) bond motifs is 3. The second kappa shape index (κ2) is 5.31. The smallest absolute Gasteiger partial charge is 0.354 e. The summed E-state index contributed by atoms with van der Waals surface area (Å²) in [6.45, 7) is 0. The molecule has 5 nitrogen and oxygen atoms in total. The maximum atomic E-state index is 12.6. The lowest BCUT2D eigenvalue weighted by atomic mass is 10.0. The molecule has 2 N–H and O–H groups in total. The van der Waals surface area contributed by atoms with Crippen LogP contribution < -0.4 is 0 Å². The highest BCUT2D eigenvalue weighted by Crippen LogP contribution is 2.27. The van der Waals surface area contributed by atoms with Crippen LogP contribution in [0.1, 0.15) is 26.4 Å². The molecule has 0 saturated carbocycles. The van der Waals surface area contributed by atoms with Gasteiger partial charge in [-0.2, -0.15) is 0 Å². The van der Waals surface area contributed by atoms with Gasteiger partial charge in [0.15, 0.2) is 5.78 Å². The molecule has 0 bridgehead atoms. The molecule has 0 aliphatic heterocycles. The zero-order valence-corrected chi connectivity index (χ0v) is 12.5. The van der Waals surface area contributed by atoms with Gasteiger partial charge in [0.2, 0.25) is 0 Å². The Labute approximate surface area is 136 Å². The van der Waals surface area contributed by atoms with Crippen LogP contribution in [0.15, 0.2) is 60.8 Å². The summed E-state index contributed by atoms with van der Waals surface area (Å²) in [5.41, 5.74) is 2.72. The number of benzene rings is 2. The maximum Gasteiger partial charge on any atom is 0.354 e. The van der Waals surface area contributed by atoms with Crippen LogP contribution in [0.5, 0.6) is 0 Å². The van der Waals surface area contributed by atoms with E-state index in [1.807, 2.05) is 24.3 Å². The average Bonchev–Trinajstić information content (AvgIpc) is 2.98. The Kier molecular flexibility index (Phi) is 3.13. The summed E-state index contributed by atoms with van der Waals surface area (Å²) < 4.78 is 0. The van der Waals surface area contributed by atoms with Crippen molar-refractivity contribution in [3.05, 3.63) is 77.6 Å². The quantitative estimate of drug-likeness (QED) is 0.565. The van der Waals surface area contributed by atoms with Crippen molar-refractivity contribution in [3.63, 3.8) is 0 Å². The lowest BCUT2D eigenvalue weighted by molar-refractivity contribution is 0.0690. The normalized spacial score (nSPS) is 11.0. The molecular weight excluding hydrogens is 304 g/mol. The van der Waals surface area contributed by atoms with E-state index in [2.05, 4.69) is 9.97 Å². The SMILES string of the molecule is O=C(c1ccccc1)c1ccc2[nH]c3cnc(C(=O)O)cc3c2c1. The number of nitrogens with zero attached hydrogens (tertiary/aromatic N) is 1. The number of carboxylic acids is 1. The first-order valence-corrected chi connectivity index (χ1v) is 7.38. The predicted molar refractivity (Wildman–Crippen MR) is 90.4 cm³/mol. The molecule has 116 valence electrons. The molecule has 0 unspecified atom stereocenters. The van der Waals surface area contributed by atoms with E-state index in [1.165, 1.54) is 12.3 Å². The molecule has 24 heavy (non-hydrogen) atoms. The predicted octanol–water partition coefficient (Wildman–Crippen LogP) is 3.65. The number of carbonyl (C=O) groups excluding carboxylic acids is 1. The zero-order chi connectivity index (χ0) is 16.7. The molecule has 4 aromatic rings. The molecule has 0 aliphatic rings. The van der Waals surface area contributed by atoms with Gasteiger partial charge in [0.1, 0.15) is 5.69 Å². The molecule has 0 radical (unpaired) electrons. The van der Waals surface area contributed by atoms with Crippen molar-refractivity contribution in [2.24, 2.45) is 0 Å². The molecule has 2 aromatic heterocycles. The minimum atomic E-state index is -1.08. The number of carboxylic acid groups (broad SMARTS) is 1. The number of hydrogen-bond acceptors (Lipinski definition) is 3. The van der Waals surface area contributed by atoms with Crippen LogP contribution in [0.3, 0.4) is 0 Å². The number of hydrogen-bond donors (Lipinski definition) is 2. The van der Waals surface area contributed by atoms with Crippen LogP contribution in [0.2, 0.25) is 0 Å². The summed E-state index contributed by atoms with van der Waals surface area (Å²) in [7, 11) is 0. The van der Waals surface area contributed by atoms with Gasteiger partial charge in [-0.25, -0.2) is 9.78 Å². The average molecular weight is 316 g/mol. The molecule has 4 rings (SSSR count). The highest BCUT2D eigenvalue weighted by atomic mass is 16.4. The Balaban J connectivity index is 1.90. The van der Waals surface area contributed by atoms with E-state index in [0.29, 0.717) is 11.1 Å². The number of pyridine rings is 1. The van der Waals surface area contributed by atoms with Crippen LogP contribution in [0.25, 0.3) is 21.8 Å². The summed E-state index contributed by atoms with van der Waals surface area (Å²) >= 11 is 0. The van der Waals surface area contributed by atoms with Gasteiger partial charge < -0.3 is 10.1 Å². The van der Waals surface area contributed by atoms with Crippen molar-refractivity contribution >= 4 is 33.6 Å². The van der Waals surface area contributed by atoms with Gasteiger partial charge in [0, 0.05) is 27.4 Å². The molecule has 0 spiro atoms. The highest BCUT2D eigenvalue weighted by molar-refractivity contribution is 6.14. The number of aromatic carboxylic acids is 1. The van der Waals surface area contributed by atoms with Crippen molar-refractivity contribution in [1.82, 2.24) is 9.97 Å². The fraction of sp³-hybridized carbons (Fsp3) is 0. The van der Waals surface area contributed by atoms with Crippen LogP contribution >= 0.6 is 0 Å². The van der Waals surface area contributed by atoms with Gasteiger partial charge in [-0.15, -0.1) is 0 Å². The number of ketones is 1. The van der Waals surface area contributed by atoms with Crippen molar-refractivity contribution < 1.29 is 14.7 Å². The van der Waals surface area contributed by atoms with E-state index < -0.39 is 5.97 Å². The monoisotopic (exact) mass is 316 g/mol. The first kappa shape index (κ1) is 14.1. The second-order valence-corrected chi connectivity index (χ2v) is 5.50. The largest absolute Gasteiger partial charge is 0.477 e. The van der Waals surface area contributed by atoms with Crippen molar-refractivity contribution in [2.75, 3.05) is 0 Å². The maximum absolute atomic E-state index is 12.6. The Morgan fingerprint density at radius 2 is 1.62 bits per heavy atom. The van der Waals surface area contributed by atoms with E-state index in [9.17, 15) is 9.59 Å². The second-order valence-electron chi connectivity index (χ2n) is 5.50. The number of nitrogens with one attached hydrogen (secondary N) is 1. The van der Waals surface area contributed by atoms with Gasteiger partial charge in [0.25, 0.3) is 0 Å². The van der Waals surface area contributed by atoms with Crippen molar-refractivity contribution in [3.8, 4) is 0 Å². The van der Waals surface area contributed by atoms with Crippen molar-refractivity contribution in [1.29, 1.82) is 0 Å². The Morgan fingerprint density at radius 1 is 0.875 bits per heavy atom. The van der Waals surface area contributed by atoms with Crippen LogP contribution in [-0.4, -0.2) is 26.8 Å². The topological polar surface area (TPSA) is 83.0 Å². The van der Waals surface area contributed by atoms with Gasteiger partial charge in [0.05, 0.1) is 11.7 Å². The van der Waals surface area contributed by atoms with Crippen LogP contribution in [0, 0.1) is 0 Å². The summed E-state index contributed by atoms with van der Waals surface area (Å²) in [4.78, 5) is 30.8. The first-order valence-electron chi connectivity index (χ1n) is 7.38. The molecule has 0 fully saturated rings. The fourth-order valence-electron chi connectivity index (χ4n) is 2.81. The van der Waals surface area contributed by atoms with Gasteiger partial charge in [-0.05, 0) is 24.3 Å².